The number of primary amides is 1. The third-order valence-corrected chi connectivity index (χ3v) is 8.25. The molecular weight excluding hydrogens is 538 g/mol. The van der Waals surface area contributed by atoms with Crippen molar-refractivity contribution in [1.29, 1.82) is 0 Å². The van der Waals surface area contributed by atoms with Gasteiger partial charge in [0, 0.05) is 37.0 Å². The van der Waals surface area contributed by atoms with Crippen LogP contribution in [0.3, 0.4) is 0 Å². The number of nitrogens with two attached hydrogens (primary N) is 1. The molecule has 1 heterocycles. The molecular formula is C31H33N5O4S. The Kier molecular flexibility index (Phi) is 9.83. The number of carbonyl (C=O) groups is 2. The summed E-state index contributed by atoms with van der Waals surface area (Å²) in [6.45, 7) is 2.82. The topological polar surface area (TPSA) is 134 Å². The molecule has 0 aliphatic heterocycles. The molecule has 0 fully saturated rings. The van der Waals surface area contributed by atoms with Gasteiger partial charge in [-0.1, -0.05) is 48.5 Å². The van der Waals surface area contributed by atoms with Gasteiger partial charge in [0.05, 0.1) is 17.1 Å². The lowest BCUT2D eigenvalue weighted by molar-refractivity contribution is -0.119. The first-order valence-corrected chi connectivity index (χ1v) is 14.7. The average Bonchev–Trinajstić information content (AvgIpc) is 2.98. The number of amides is 2. The standard InChI is InChI=1S/C31H33N5O4S/c1-2-33-26-15-17-28(18-16-26)41(39,40)36(22-27-10-6-7-19-34-27)21-24-11-13-25(14-12-24)31(38)35-29(30(32)37)20-23-8-4-3-5-9-23/h3-19,29,33H,2,20-22H2,1H3,(H2,32,37)(H,35,38)/t29-/m0/s1. The van der Waals surface area contributed by atoms with Crippen molar-refractivity contribution in [2.45, 2.75) is 37.4 Å². The van der Waals surface area contributed by atoms with E-state index in [1.165, 1.54) is 4.31 Å². The van der Waals surface area contributed by atoms with Crippen LogP contribution in [-0.4, -0.2) is 42.1 Å². The van der Waals surface area contributed by atoms with Gasteiger partial charge < -0.3 is 16.4 Å². The largest absolute Gasteiger partial charge is 0.385 e. The van der Waals surface area contributed by atoms with Crippen molar-refractivity contribution in [3.63, 3.8) is 0 Å². The lowest BCUT2D eigenvalue weighted by Gasteiger charge is -2.22. The Bertz CT molecular complexity index is 1550. The molecule has 4 rings (SSSR count). The first kappa shape index (κ1) is 29.4. The van der Waals surface area contributed by atoms with E-state index in [4.69, 9.17) is 5.73 Å². The van der Waals surface area contributed by atoms with Crippen LogP contribution < -0.4 is 16.4 Å². The van der Waals surface area contributed by atoms with E-state index in [1.807, 2.05) is 43.3 Å². The van der Waals surface area contributed by atoms with Gasteiger partial charge in [0.2, 0.25) is 15.9 Å². The van der Waals surface area contributed by atoms with Crippen LogP contribution >= 0.6 is 0 Å². The fourth-order valence-corrected chi connectivity index (χ4v) is 5.67. The van der Waals surface area contributed by atoms with Crippen molar-refractivity contribution in [2.75, 3.05) is 11.9 Å². The minimum Gasteiger partial charge on any atom is -0.385 e. The van der Waals surface area contributed by atoms with Crippen LogP contribution in [0.5, 0.6) is 0 Å². The quantitative estimate of drug-likeness (QED) is 0.224. The Hall–Kier alpha value is -4.54. The summed E-state index contributed by atoms with van der Waals surface area (Å²) in [5.74, 6) is -1.08. The highest BCUT2D eigenvalue weighted by Crippen LogP contribution is 2.23. The Morgan fingerprint density at radius 3 is 2.15 bits per heavy atom. The number of nitrogens with zero attached hydrogens (tertiary/aromatic N) is 2. The van der Waals surface area contributed by atoms with Crippen LogP contribution in [0, 0.1) is 0 Å². The number of rotatable bonds is 13. The third-order valence-electron chi connectivity index (χ3n) is 6.44. The SMILES string of the molecule is CCNc1ccc(S(=O)(=O)N(Cc2ccc(C(=O)N[C@@H](Cc3ccccc3)C(N)=O)cc2)Cc2ccccn2)cc1. The van der Waals surface area contributed by atoms with Crippen molar-refractivity contribution < 1.29 is 18.0 Å². The number of aromatic nitrogens is 1. The number of hydrogen-bond acceptors (Lipinski definition) is 6. The van der Waals surface area contributed by atoms with Crippen molar-refractivity contribution in [3.8, 4) is 0 Å². The average molecular weight is 572 g/mol. The van der Waals surface area contributed by atoms with E-state index in [0.29, 0.717) is 16.8 Å². The zero-order valence-electron chi connectivity index (χ0n) is 22.7. The lowest BCUT2D eigenvalue weighted by atomic mass is 10.0. The first-order chi connectivity index (χ1) is 19.8. The van der Waals surface area contributed by atoms with Gasteiger partial charge in [-0.05, 0) is 66.6 Å². The molecule has 0 saturated heterocycles. The van der Waals surface area contributed by atoms with Gasteiger partial charge in [-0.2, -0.15) is 4.31 Å². The summed E-state index contributed by atoms with van der Waals surface area (Å²) in [6.07, 6.45) is 1.89. The molecule has 10 heteroatoms. The Morgan fingerprint density at radius 1 is 0.854 bits per heavy atom. The molecule has 0 bridgehead atoms. The monoisotopic (exact) mass is 571 g/mol. The van der Waals surface area contributed by atoms with E-state index in [2.05, 4.69) is 15.6 Å². The minimum atomic E-state index is -3.88. The molecule has 4 N–H and O–H groups in total. The Morgan fingerprint density at radius 2 is 1.54 bits per heavy atom. The summed E-state index contributed by atoms with van der Waals surface area (Å²) < 4.78 is 28.7. The highest BCUT2D eigenvalue weighted by atomic mass is 32.2. The summed E-state index contributed by atoms with van der Waals surface area (Å²) >= 11 is 0. The summed E-state index contributed by atoms with van der Waals surface area (Å²) in [7, 11) is -3.88. The highest BCUT2D eigenvalue weighted by Gasteiger charge is 2.26. The van der Waals surface area contributed by atoms with Gasteiger partial charge in [-0.25, -0.2) is 8.42 Å². The van der Waals surface area contributed by atoms with Gasteiger partial charge in [0.1, 0.15) is 6.04 Å². The zero-order valence-corrected chi connectivity index (χ0v) is 23.6. The molecule has 0 unspecified atom stereocenters. The van der Waals surface area contributed by atoms with Gasteiger partial charge in [0.25, 0.3) is 5.91 Å². The smallest absolute Gasteiger partial charge is 0.251 e. The Balaban J connectivity index is 1.51. The maximum absolute atomic E-state index is 13.7. The molecule has 0 aliphatic rings. The molecule has 3 aromatic carbocycles. The molecule has 212 valence electrons. The van der Waals surface area contributed by atoms with E-state index in [9.17, 15) is 18.0 Å². The van der Waals surface area contributed by atoms with Crippen molar-refractivity contribution >= 4 is 27.5 Å². The number of pyridine rings is 1. The van der Waals surface area contributed by atoms with Crippen LogP contribution in [-0.2, 0) is 34.3 Å². The van der Waals surface area contributed by atoms with Crippen molar-refractivity contribution in [3.05, 3.63) is 126 Å². The molecule has 1 atom stereocenters. The summed E-state index contributed by atoms with van der Waals surface area (Å²) in [5.41, 5.74) is 8.86. The van der Waals surface area contributed by atoms with Crippen LogP contribution in [0.2, 0.25) is 0 Å². The van der Waals surface area contributed by atoms with Gasteiger partial charge in [-0.15, -0.1) is 0 Å². The van der Waals surface area contributed by atoms with Crippen molar-refractivity contribution in [1.82, 2.24) is 14.6 Å². The fourth-order valence-electron chi connectivity index (χ4n) is 4.28. The van der Waals surface area contributed by atoms with E-state index < -0.39 is 27.9 Å². The van der Waals surface area contributed by atoms with Crippen LogP contribution in [0.4, 0.5) is 5.69 Å². The number of nitrogens with one attached hydrogen (secondary N) is 2. The van der Waals surface area contributed by atoms with Crippen molar-refractivity contribution in [2.24, 2.45) is 5.73 Å². The molecule has 0 aliphatic carbocycles. The predicted molar refractivity (Wildman–Crippen MR) is 158 cm³/mol. The zero-order chi connectivity index (χ0) is 29.2. The van der Waals surface area contributed by atoms with E-state index in [-0.39, 0.29) is 24.4 Å². The molecule has 0 spiro atoms. The molecule has 2 amide bonds. The molecule has 0 radical (unpaired) electrons. The van der Waals surface area contributed by atoms with Gasteiger partial charge in [-0.3, -0.25) is 14.6 Å². The number of benzene rings is 3. The number of anilines is 1. The third kappa shape index (κ3) is 8.00. The number of sulfonamides is 1. The predicted octanol–water partition coefficient (Wildman–Crippen LogP) is 3.73. The molecule has 1 aromatic heterocycles. The van der Waals surface area contributed by atoms with Gasteiger partial charge in [0.15, 0.2) is 0 Å². The van der Waals surface area contributed by atoms with Crippen LogP contribution in [0.15, 0.2) is 108 Å². The second kappa shape index (κ2) is 13.7. The first-order valence-electron chi connectivity index (χ1n) is 13.2. The van der Waals surface area contributed by atoms with E-state index >= 15 is 0 Å². The summed E-state index contributed by atoms with van der Waals surface area (Å²) in [4.78, 5) is 29.4. The number of hydrogen-bond donors (Lipinski definition) is 3. The maximum atomic E-state index is 13.7. The van der Waals surface area contributed by atoms with Crippen LogP contribution in [0.25, 0.3) is 0 Å². The second-order valence-corrected chi connectivity index (χ2v) is 11.4. The minimum absolute atomic E-state index is 0.0632. The molecule has 0 saturated carbocycles. The highest BCUT2D eigenvalue weighted by molar-refractivity contribution is 7.89. The summed E-state index contributed by atoms with van der Waals surface area (Å²) in [5, 5.41) is 5.86. The normalized spacial score (nSPS) is 12.0. The molecule has 41 heavy (non-hydrogen) atoms. The van der Waals surface area contributed by atoms with Crippen LogP contribution in [0.1, 0.15) is 34.1 Å². The lowest BCUT2D eigenvalue weighted by Crippen LogP contribution is -2.45. The van der Waals surface area contributed by atoms with E-state index in [1.54, 1.807) is 66.9 Å². The molecule has 4 aromatic rings. The summed E-state index contributed by atoms with van der Waals surface area (Å²) in [6, 6.07) is 27.0. The maximum Gasteiger partial charge on any atom is 0.251 e. The van der Waals surface area contributed by atoms with E-state index in [0.717, 1.165) is 17.8 Å². The fraction of sp³-hybridized carbons (Fsp3) is 0.194. The molecule has 9 nitrogen and oxygen atoms in total. The number of carbonyl (C=O) groups excluding carboxylic acids is 2. The Labute approximate surface area is 240 Å². The second-order valence-electron chi connectivity index (χ2n) is 9.46. The van der Waals surface area contributed by atoms with Gasteiger partial charge >= 0.3 is 0 Å².